The van der Waals surface area contributed by atoms with Crippen molar-refractivity contribution >= 4 is 38.9 Å². The monoisotopic (exact) mass is 347 g/mol. The van der Waals surface area contributed by atoms with Gasteiger partial charge in [-0.15, -0.1) is 0 Å². The van der Waals surface area contributed by atoms with Gasteiger partial charge in [-0.1, -0.05) is 6.07 Å². The van der Waals surface area contributed by atoms with Gasteiger partial charge in [0.2, 0.25) is 0 Å². The van der Waals surface area contributed by atoms with E-state index in [4.69, 9.17) is 5.73 Å². The van der Waals surface area contributed by atoms with Crippen LogP contribution in [-0.4, -0.2) is 12.5 Å². The van der Waals surface area contributed by atoms with Crippen molar-refractivity contribution in [1.29, 1.82) is 0 Å². The minimum atomic E-state index is -0.108. The van der Waals surface area contributed by atoms with Gasteiger partial charge in [0, 0.05) is 16.6 Å². The average Bonchev–Trinajstić information content (AvgIpc) is 2.45. The fraction of sp³-hybridized carbons (Fsp3) is 0.188. The van der Waals surface area contributed by atoms with Gasteiger partial charge in [0.05, 0.1) is 17.1 Å². The largest absolute Gasteiger partial charge is 0.397 e. The van der Waals surface area contributed by atoms with Crippen LogP contribution in [0.15, 0.2) is 40.9 Å². The number of benzene rings is 2. The molecule has 21 heavy (non-hydrogen) atoms. The first kappa shape index (κ1) is 15.4. The minimum Gasteiger partial charge on any atom is -0.397 e. The summed E-state index contributed by atoms with van der Waals surface area (Å²) in [5, 5.41) is 6.04. The van der Waals surface area contributed by atoms with E-state index in [1.807, 2.05) is 32.0 Å². The smallest absolute Gasteiger partial charge is 0.251 e. The Morgan fingerprint density at radius 3 is 2.67 bits per heavy atom. The first-order valence-corrected chi connectivity index (χ1v) is 7.51. The number of carbonyl (C=O) groups excluding carboxylic acids is 1. The molecule has 0 atom stereocenters. The van der Waals surface area contributed by atoms with Crippen LogP contribution in [0.2, 0.25) is 0 Å². The van der Waals surface area contributed by atoms with E-state index in [0.29, 0.717) is 23.5 Å². The van der Waals surface area contributed by atoms with E-state index in [9.17, 15) is 4.79 Å². The van der Waals surface area contributed by atoms with Crippen LogP contribution in [0.25, 0.3) is 0 Å². The predicted molar refractivity (Wildman–Crippen MR) is 91.0 cm³/mol. The van der Waals surface area contributed by atoms with Gasteiger partial charge in [0.15, 0.2) is 0 Å². The lowest BCUT2D eigenvalue weighted by atomic mass is 10.1. The summed E-state index contributed by atoms with van der Waals surface area (Å²) < 4.78 is 0.941. The van der Waals surface area contributed by atoms with Crippen LogP contribution >= 0.6 is 15.9 Å². The number of nitrogen functional groups attached to an aromatic ring is 1. The summed E-state index contributed by atoms with van der Waals surface area (Å²) in [7, 11) is 0. The Bertz CT molecular complexity index is 671. The number of hydrogen-bond acceptors (Lipinski definition) is 3. The molecule has 0 aliphatic rings. The molecule has 0 radical (unpaired) electrons. The third-order valence-electron chi connectivity index (χ3n) is 3.04. The third-order valence-corrected chi connectivity index (χ3v) is 3.74. The van der Waals surface area contributed by atoms with Crippen molar-refractivity contribution in [2.45, 2.75) is 13.8 Å². The minimum absolute atomic E-state index is 0.108. The maximum atomic E-state index is 11.9. The Hall–Kier alpha value is -2.01. The normalized spacial score (nSPS) is 10.2. The Morgan fingerprint density at radius 2 is 1.95 bits per heavy atom. The van der Waals surface area contributed by atoms with E-state index in [1.54, 1.807) is 18.2 Å². The molecule has 0 saturated carbocycles. The van der Waals surface area contributed by atoms with Gasteiger partial charge in [-0.3, -0.25) is 4.79 Å². The molecular formula is C16H18BrN3O. The summed E-state index contributed by atoms with van der Waals surface area (Å²) in [5.74, 6) is -0.108. The number of halogens is 1. The summed E-state index contributed by atoms with van der Waals surface area (Å²) >= 11 is 3.50. The maximum absolute atomic E-state index is 11.9. The molecule has 2 aromatic carbocycles. The van der Waals surface area contributed by atoms with Crippen LogP contribution in [0.1, 0.15) is 22.8 Å². The summed E-state index contributed by atoms with van der Waals surface area (Å²) in [6, 6.07) is 11.2. The third kappa shape index (κ3) is 3.76. The summed E-state index contributed by atoms with van der Waals surface area (Å²) in [4.78, 5) is 11.9. The zero-order chi connectivity index (χ0) is 15.4. The molecule has 1 amide bonds. The van der Waals surface area contributed by atoms with Crippen molar-refractivity contribution in [2.24, 2.45) is 0 Å². The molecule has 0 unspecified atom stereocenters. The standard InChI is InChI=1S/C16H18BrN3O/c1-3-19-16(21)11-5-7-13(18)15(9-11)20-14-8-10(2)4-6-12(14)17/h4-9,20H,3,18H2,1-2H3,(H,19,21). The second kappa shape index (κ2) is 6.63. The number of nitrogens with one attached hydrogen (secondary N) is 2. The maximum Gasteiger partial charge on any atom is 0.251 e. The molecule has 0 aromatic heterocycles. The lowest BCUT2D eigenvalue weighted by Gasteiger charge is -2.13. The van der Waals surface area contributed by atoms with Crippen LogP contribution < -0.4 is 16.4 Å². The van der Waals surface area contributed by atoms with Crippen molar-refractivity contribution in [3.05, 3.63) is 52.0 Å². The van der Waals surface area contributed by atoms with Crippen molar-refractivity contribution in [3.8, 4) is 0 Å². The summed E-state index contributed by atoms with van der Waals surface area (Å²) in [6.07, 6.45) is 0. The average molecular weight is 348 g/mol. The van der Waals surface area contributed by atoms with E-state index in [2.05, 4.69) is 26.6 Å². The second-order valence-corrected chi connectivity index (χ2v) is 5.62. The number of hydrogen-bond donors (Lipinski definition) is 3. The molecule has 4 nitrogen and oxygen atoms in total. The molecular weight excluding hydrogens is 330 g/mol. The Labute approximate surface area is 132 Å². The highest BCUT2D eigenvalue weighted by molar-refractivity contribution is 9.10. The van der Waals surface area contributed by atoms with Crippen molar-refractivity contribution < 1.29 is 4.79 Å². The molecule has 0 spiro atoms. The number of nitrogens with two attached hydrogens (primary N) is 1. The molecule has 0 heterocycles. The molecule has 0 aliphatic carbocycles. The van der Waals surface area contributed by atoms with Crippen LogP contribution in [-0.2, 0) is 0 Å². The van der Waals surface area contributed by atoms with Gasteiger partial charge in [0.25, 0.3) is 5.91 Å². The molecule has 4 N–H and O–H groups in total. The van der Waals surface area contributed by atoms with Gasteiger partial charge < -0.3 is 16.4 Å². The molecule has 5 heteroatoms. The molecule has 0 saturated heterocycles. The van der Waals surface area contributed by atoms with Crippen LogP contribution in [0.5, 0.6) is 0 Å². The molecule has 110 valence electrons. The second-order valence-electron chi connectivity index (χ2n) is 4.77. The van der Waals surface area contributed by atoms with E-state index >= 15 is 0 Å². The Kier molecular flexibility index (Phi) is 4.85. The molecule has 2 aromatic rings. The van der Waals surface area contributed by atoms with Gasteiger partial charge in [-0.25, -0.2) is 0 Å². The number of carbonyl (C=O) groups is 1. The van der Waals surface area contributed by atoms with Gasteiger partial charge in [-0.2, -0.15) is 0 Å². The molecule has 0 fully saturated rings. The predicted octanol–water partition coefficient (Wildman–Crippen LogP) is 3.83. The quantitative estimate of drug-likeness (QED) is 0.736. The lowest BCUT2D eigenvalue weighted by Crippen LogP contribution is -2.22. The van der Waals surface area contributed by atoms with Crippen LogP contribution in [0, 0.1) is 6.92 Å². The fourth-order valence-electron chi connectivity index (χ4n) is 1.95. The van der Waals surface area contributed by atoms with E-state index in [1.165, 1.54) is 0 Å². The van der Waals surface area contributed by atoms with Crippen molar-refractivity contribution in [2.75, 3.05) is 17.6 Å². The first-order valence-electron chi connectivity index (χ1n) is 6.72. The van der Waals surface area contributed by atoms with Gasteiger partial charge >= 0.3 is 0 Å². The lowest BCUT2D eigenvalue weighted by molar-refractivity contribution is 0.0956. The highest BCUT2D eigenvalue weighted by Gasteiger charge is 2.09. The number of amides is 1. The topological polar surface area (TPSA) is 67.2 Å². The fourth-order valence-corrected chi connectivity index (χ4v) is 2.29. The van der Waals surface area contributed by atoms with Gasteiger partial charge in [-0.05, 0) is 65.7 Å². The van der Waals surface area contributed by atoms with Crippen molar-refractivity contribution in [1.82, 2.24) is 5.32 Å². The SMILES string of the molecule is CCNC(=O)c1ccc(N)c(Nc2cc(C)ccc2Br)c1. The number of rotatable bonds is 4. The van der Waals surface area contributed by atoms with E-state index < -0.39 is 0 Å². The molecule has 0 aliphatic heterocycles. The first-order chi connectivity index (χ1) is 10.0. The molecule has 2 rings (SSSR count). The number of anilines is 3. The van der Waals surface area contributed by atoms with Gasteiger partial charge in [0.1, 0.15) is 0 Å². The summed E-state index contributed by atoms with van der Waals surface area (Å²) in [5.41, 5.74) is 9.93. The van der Waals surface area contributed by atoms with E-state index in [-0.39, 0.29) is 5.91 Å². The zero-order valence-corrected chi connectivity index (χ0v) is 13.6. The highest BCUT2D eigenvalue weighted by atomic mass is 79.9. The highest BCUT2D eigenvalue weighted by Crippen LogP contribution is 2.30. The van der Waals surface area contributed by atoms with Crippen LogP contribution in [0.4, 0.5) is 17.1 Å². The Morgan fingerprint density at radius 1 is 1.19 bits per heavy atom. The van der Waals surface area contributed by atoms with Crippen molar-refractivity contribution in [3.63, 3.8) is 0 Å². The number of aryl methyl sites for hydroxylation is 1. The summed E-state index contributed by atoms with van der Waals surface area (Å²) in [6.45, 7) is 4.50. The van der Waals surface area contributed by atoms with Crippen LogP contribution in [0.3, 0.4) is 0 Å². The van der Waals surface area contributed by atoms with E-state index in [0.717, 1.165) is 15.7 Å². The molecule has 0 bridgehead atoms. The Balaban J connectivity index is 2.33. The zero-order valence-electron chi connectivity index (χ0n) is 12.0.